The molecular weight excluding hydrogens is 384 g/mol. The van der Waals surface area contributed by atoms with Gasteiger partial charge in [-0.1, -0.05) is 75.0 Å². The van der Waals surface area contributed by atoms with Gasteiger partial charge in [0.1, 0.15) is 18.1 Å². The summed E-state index contributed by atoms with van der Waals surface area (Å²) in [6.07, 6.45) is 3.61. The van der Waals surface area contributed by atoms with E-state index in [2.05, 4.69) is 32.6 Å². The van der Waals surface area contributed by atoms with Crippen LogP contribution in [0.1, 0.15) is 57.9 Å². The maximum Gasteiger partial charge on any atom is 0.231 e. The fraction of sp³-hybridized carbons (Fsp3) is 0.179. The number of hydrogen-bond acceptors (Lipinski definition) is 3. The van der Waals surface area contributed by atoms with Crippen LogP contribution in [0.2, 0.25) is 0 Å². The van der Waals surface area contributed by atoms with Crippen LogP contribution in [0, 0.1) is 6.92 Å². The van der Waals surface area contributed by atoms with Gasteiger partial charge in [0.15, 0.2) is 5.76 Å². The highest BCUT2D eigenvalue weighted by atomic mass is 16.5. The number of Topliss-reactive ketones (excluding diaryl/α,β-unsaturated/α-hetero) is 1. The molecule has 0 atom stereocenters. The number of ketones is 1. The van der Waals surface area contributed by atoms with Gasteiger partial charge in [0.05, 0.1) is 5.56 Å². The number of carbonyl (C=O) groups is 1. The Morgan fingerprint density at radius 3 is 2.29 bits per heavy atom. The van der Waals surface area contributed by atoms with Gasteiger partial charge in [-0.3, -0.25) is 4.79 Å². The van der Waals surface area contributed by atoms with E-state index in [4.69, 9.17) is 9.47 Å². The SMILES string of the molecule is C=Cc1ccc(COc2ccc3c(c2C)O/C(=C\c2ccc(C(C)C)cc2)C3=O)cc1. The van der Waals surface area contributed by atoms with E-state index in [1.807, 2.05) is 55.5 Å². The molecule has 0 N–H and O–H groups in total. The third-order valence-electron chi connectivity index (χ3n) is 5.55. The number of fused-ring (bicyclic) bond motifs is 1. The normalized spacial score (nSPS) is 13.9. The Bertz CT molecular complexity index is 1150. The highest BCUT2D eigenvalue weighted by Gasteiger charge is 2.30. The van der Waals surface area contributed by atoms with Crippen molar-refractivity contribution in [3.63, 3.8) is 0 Å². The summed E-state index contributed by atoms with van der Waals surface area (Å²) in [4.78, 5) is 12.8. The minimum atomic E-state index is -0.0994. The first kappa shape index (κ1) is 20.7. The van der Waals surface area contributed by atoms with Crippen molar-refractivity contribution in [3.8, 4) is 11.5 Å². The number of benzene rings is 3. The smallest absolute Gasteiger partial charge is 0.231 e. The predicted molar refractivity (Wildman–Crippen MR) is 126 cm³/mol. The van der Waals surface area contributed by atoms with Crippen molar-refractivity contribution < 1.29 is 14.3 Å². The minimum absolute atomic E-state index is 0.0994. The monoisotopic (exact) mass is 410 g/mol. The molecule has 1 heterocycles. The van der Waals surface area contributed by atoms with Gasteiger partial charge in [0.2, 0.25) is 5.78 Å². The van der Waals surface area contributed by atoms with E-state index in [1.165, 1.54) is 5.56 Å². The van der Waals surface area contributed by atoms with Gasteiger partial charge < -0.3 is 9.47 Å². The second-order valence-electron chi connectivity index (χ2n) is 8.06. The van der Waals surface area contributed by atoms with Crippen molar-refractivity contribution in [1.29, 1.82) is 0 Å². The van der Waals surface area contributed by atoms with Crippen molar-refractivity contribution >= 4 is 17.9 Å². The number of rotatable bonds is 6. The van der Waals surface area contributed by atoms with Crippen LogP contribution in [0.25, 0.3) is 12.2 Å². The number of allylic oxidation sites excluding steroid dienone is 1. The highest BCUT2D eigenvalue weighted by Crippen LogP contribution is 2.39. The summed E-state index contributed by atoms with van der Waals surface area (Å²) in [5, 5.41) is 0. The van der Waals surface area contributed by atoms with E-state index >= 15 is 0 Å². The van der Waals surface area contributed by atoms with Crippen LogP contribution < -0.4 is 9.47 Å². The first-order chi connectivity index (χ1) is 15.0. The van der Waals surface area contributed by atoms with E-state index in [0.717, 1.165) is 22.3 Å². The summed E-state index contributed by atoms with van der Waals surface area (Å²) < 4.78 is 12.0. The van der Waals surface area contributed by atoms with Crippen LogP contribution in [0.4, 0.5) is 0 Å². The largest absolute Gasteiger partial charge is 0.488 e. The van der Waals surface area contributed by atoms with Crippen LogP contribution in [0.3, 0.4) is 0 Å². The third kappa shape index (κ3) is 4.31. The van der Waals surface area contributed by atoms with Crippen molar-refractivity contribution in [3.05, 3.63) is 106 Å². The van der Waals surface area contributed by atoms with Crippen LogP contribution in [0.15, 0.2) is 73.0 Å². The molecule has 3 heteroatoms. The summed E-state index contributed by atoms with van der Waals surface area (Å²) in [6.45, 7) is 10.4. The molecule has 156 valence electrons. The van der Waals surface area contributed by atoms with E-state index in [9.17, 15) is 4.79 Å². The molecule has 3 aromatic carbocycles. The Balaban J connectivity index is 1.52. The number of ether oxygens (including phenoxy) is 2. The van der Waals surface area contributed by atoms with Crippen molar-refractivity contribution in [2.75, 3.05) is 0 Å². The molecule has 0 radical (unpaired) electrons. The Morgan fingerprint density at radius 2 is 1.65 bits per heavy atom. The van der Waals surface area contributed by atoms with Gasteiger partial charge >= 0.3 is 0 Å². The second kappa shape index (κ2) is 8.65. The quantitative estimate of drug-likeness (QED) is 0.412. The summed E-state index contributed by atoms with van der Waals surface area (Å²) in [7, 11) is 0. The molecule has 4 rings (SSSR count). The lowest BCUT2D eigenvalue weighted by molar-refractivity contribution is 0.101. The first-order valence-electron chi connectivity index (χ1n) is 10.5. The summed E-state index contributed by atoms with van der Waals surface area (Å²) in [5.41, 5.74) is 5.74. The molecule has 0 saturated carbocycles. The minimum Gasteiger partial charge on any atom is -0.488 e. The molecule has 0 saturated heterocycles. The van der Waals surface area contributed by atoms with E-state index in [-0.39, 0.29) is 5.78 Å². The van der Waals surface area contributed by atoms with Gasteiger partial charge in [-0.05, 0) is 53.3 Å². The molecule has 0 fully saturated rings. The molecule has 3 aromatic rings. The lowest BCUT2D eigenvalue weighted by Gasteiger charge is -2.11. The Kier molecular flexibility index (Phi) is 5.77. The fourth-order valence-corrected chi connectivity index (χ4v) is 3.56. The molecule has 0 spiro atoms. The van der Waals surface area contributed by atoms with E-state index < -0.39 is 0 Å². The summed E-state index contributed by atoms with van der Waals surface area (Å²) in [5.74, 6) is 2.00. The van der Waals surface area contributed by atoms with E-state index in [1.54, 1.807) is 12.1 Å². The van der Waals surface area contributed by atoms with Gasteiger partial charge in [0, 0.05) is 5.56 Å². The Labute approximate surface area is 183 Å². The molecular formula is C28H26O3. The predicted octanol–water partition coefficient (Wildman–Crippen LogP) is 6.96. The van der Waals surface area contributed by atoms with Crippen molar-refractivity contribution in [2.45, 2.75) is 33.3 Å². The molecule has 0 unspecified atom stereocenters. The van der Waals surface area contributed by atoms with Crippen LogP contribution in [0.5, 0.6) is 11.5 Å². The van der Waals surface area contributed by atoms with Crippen molar-refractivity contribution in [2.24, 2.45) is 0 Å². The zero-order valence-electron chi connectivity index (χ0n) is 18.1. The molecule has 0 aliphatic carbocycles. The molecule has 3 nitrogen and oxygen atoms in total. The Hall–Kier alpha value is -3.59. The molecule has 1 aliphatic heterocycles. The lowest BCUT2D eigenvalue weighted by atomic mass is 10.0. The van der Waals surface area contributed by atoms with Crippen molar-refractivity contribution in [1.82, 2.24) is 0 Å². The standard InChI is InChI=1S/C28H26O3/c1-5-20-6-8-22(9-7-20)17-30-25-15-14-24-27(29)26(31-28(24)19(25)4)16-21-10-12-23(13-11-21)18(2)3/h5-16,18H,1,17H2,2-4H3/b26-16-. The molecule has 31 heavy (non-hydrogen) atoms. The van der Waals surface area contributed by atoms with Crippen LogP contribution in [-0.4, -0.2) is 5.78 Å². The zero-order valence-corrected chi connectivity index (χ0v) is 18.1. The molecule has 0 bridgehead atoms. The third-order valence-corrected chi connectivity index (χ3v) is 5.55. The van der Waals surface area contributed by atoms with Gasteiger partial charge in [-0.15, -0.1) is 0 Å². The first-order valence-corrected chi connectivity index (χ1v) is 10.5. The number of hydrogen-bond donors (Lipinski definition) is 0. The molecule has 0 aromatic heterocycles. The van der Waals surface area contributed by atoms with E-state index in [0.29, 0.717) is 35.3 Å². The summed E-state index contributed by atoms with van der Waals surface area (Å²) in [6, 6.07) is 19.9. The fourth-order valence-electron chi connectivity index (χ4n) is 3.56. The van der Waals surface area contributed by atoms with Gasteiger partial charge in [-0.2, -0.15) is 0 Å². The average molecular weight is 411 g/mol. The maximum absolute atomic E-state index is 12.8. The van der Waals surface area contributed by atoms with Gasteiger partial charge in [0.25, 0.3) is 0 Å². The highest BCUT2D eigenvalue weighted by molar-refractivity contribution is 6.14. The van der Waals surface area contributed by atoms with Crippen LogP contribution in [-0.2, 0) is 6.61 Å². The summed E-state index contributed by atoms with van der Waals surface area (Å²) >= 11 is 0. The maximum atomic E-state index is 12.8. The lowest BCUT2D eigenvalue weighted by Crippen LogP contribution is -1.98. The van der Waals surface area contributed by atoms with Crippen LogP contribution >= 0.6 is 0 Å². The molecule has 1 aliphatic rings. The van der Waals surface area contributed by atoms with Gasteiger partial charge in [-0.25, -0.2) is 0 Å². The molecule has 0 amide bonds. The second-order valence-corrected chi connectivity index (χ2v) is 8.06. The average Bonchev–Trinajstić information content (AvgIpc) is 3.10. The Morgan fingerprint density at radius 1 is 0.968 bits per heavy atom. The number of carbonyl (C=O) groups excluding carboxylic acids is 1. The topological polar surface area (TPSA) is 35.5 Å². The zero-order chi connectivity index (χ0) is 22.0.